The van der Waals surface area contributed by atoms with Crippen LogP contribution in [0.4, 0.5) is 0 Å². The van der Waals surface area contributed by atoms with Gasteiger partial charge in [0, 0.05) is 19.7 Å². The van der Waals surface area contributed by atoms with E-state index in [-0.39, 0.29) is 5.89 Å². The van der Waals surface area contributed by atoms with Crippen LogP contribution >= 0.6 is 0 Å². The Bertz CT molecular complexity index is 821. The number of carbonyl (C=O) groups excluding carboxylic acids is 1. The van der Waals surface area contributed by atoms with Crippen molar-refractivity contribution in [3.8, 4) is 11.3 Å². The number of benzene rings is 1. The fourth-order valence-electron chi connectivity index (χ4n) is 2.36. The Hall–Kier alpha value is -2.89. The number of carbonyl (C=O) groups is 1. The second-order valence-corrected chi connectivity index (χ2v) is 5.24. The zero-order chi connectivity index (χ0) is 16.4. The first kappa shape index (κ1) is 15.0. The van der Waals surface area contributed by atoms with E-state index in [9.17, 15) is 4.79 Å². The van der Waals surface area contributed by atoms with Crippen molar-refractivity contribution in [2.45, 2.75) is 20.0 Å². The number of hydrogen-bond acceptors (Lipinski definition) is 5. The third-order valence-electron chi connectivity index (χ3n) is 3.57. The number of rotatable bonds is 4. The molecule has 0 saturated heterocycles. The van der Waals surface area contributed by atoms with E-state index in [1.54, 1.807) is 19.9 Å². The monoisotopic (exact) mass is 311 g/mol. The maximum absolute atomic E-state index is 12.4. The van der Waals surface area contributed by atoms with E-state index in [0.717, 1.165) is 11.3 Å². The van der Waals surface area contributed by atoms with Gasteiger partial charge in [0.1, 0.15) is 5.69 Å². The lowest BCUT2D eigenvalue weighted by Crippen LogP contribution is -2.13. The Morgan fingerprint density at radius 2 is 1.91 bits per heavy atom. The molecule has 1 aromatic carbocycles. The van der Waals surface area contributed by atoms with Crippen molar-refractivity contribution in [2.24, 2.45) is 7.05 Å². The number of esters is 1. The average molecular weight is 311 g/mol. The summed E-state index contributed by atoms with van der Waals surface area (Å²) in [5, 5.41) is 7.60. The van der Waals surface area contributed by atoms with E-state index in [2.05, 4.69) is 10.2 Å². The van der Waals surface area contributed by atoms with Gasteiger partial charge in [-0.3, -0.25) is 0 Å². The van der Waals surface area contributed by atoms with Gasteiger partial charge in [0.25, 0.3) is 5.89 Å². The highest BCUT2D eigenvalue weighted by atomic mass is 16.6. The molecule has 6 nitrogen and oxygen atoms in total. The third-order valence-corrected chi connectivity index (χ3v) is 3.57. The van der Waals surface area contributed by atoms with Crippen molar-refractivity contribution in [2.75, 3.05) is 0 Å². The van der Waals surface area contributed by atoms with E-state index in [1.165, 1.54) is 0 Å². The van der Waals surface area contributed by atoms with Gasteiger partial charge in [0.05, 0.1) is 0 Å². The molecule has 0 fully saturated rings. The Balaban J connectivity index is 1.79. The van der Waals surface area contributed by atoms with E-state index < -0.39 is 12.1 Å². The normalized spacial score (nSPS) is 12.1. The predicted molar refractivity (Wildman–Crippen MR) is 83.7 cm³/mol. The molecule has 0 aliphatic rings. The Morgan fingerprint density at radius 1 is 1.17 bits per heavy atom. The minimum atomic E-state index is -0.598. The smallest absolute Gasteiger partial charge is 0.355 e. The molecule has 0 aliphatic carbocycles. The zero-order valence-electron chi connectivity index (χ0n) is 13.2. The molecule has 6 heteroatoms. The van der Waals surface area contributed by atoms with Crippen LogP contribution in [0.15, 0.2) is 46.9 Å². The fraction of sp³-hybridized carbons (Fsp3) is 0.235. The summed E-state index contributed by atoms with van der Waals surface area (Å²) in [7, 11) is 1.83. The lowest BCUT2D eigenvalue weighted by atomic mass is 10.2. The van der Waals surface area contributed by atoms with E-state index in [4.69, 9.17) is 9.15 Å². The van der Waals surface area contributed by atoms with Gasteiger partial charge in [0.2, 0.25) is 5.89 Å². The minimum Gasteiger partial charge on any atom is -0.448 e. The summed E-state index contributed by atoms with van der Waals surface area (Å²) < 4.78 is 12.5. The number of hydrogen-bond donors (Lipinski definition) is 0. The number of aryl methyl sites for hydroxylation is 1. The topological polar surface area (TPSA) is 70.2 Å². The third kappa shape index (κ3) is 3.01. The molecule has 1 unspecified atom stereocenters. The van der Waals surface area contributed by atoms with Crippen LogP contribution in [0.5, 0.6) is 0 Å². The summed E-state index contributed by atoms with van der Waals surface area (Å²) in [5.74, 6) is 0.291. The maximum Gasteiger partial charge on any atom is 0.355 e. The molecule has 0 bridgehead atoms. The standard InChI is InChI=1S/C17H17N3O3/c1-11(16-19-18-12(2)23-16)22-17(21)15-10-9-14(20(15)3)13-7-5-4-6-8-13/h4-11H,1-3H3. The van der Waals surface area contributed by atoms with E-state index in [0.29, 0.717) is 11.6 Å². The summed E-state index contributed by atoms with van der Waals surface area (Å²) in [4.78, 5) is 12.4. The molecule has 2 aromatic heterocycles. The van der Waals surface area contributed by atoms with Crippen molar-refractivity contribution < 1.29 is 13.9 Å². The van der Waals surface area contributed by atoms with Crippen LogP contribution in [0.3, 0.4) is 0 Å². The molecule has 1 atom stereocenters. The van der Waals surface area contributed by atoms with Gasteiger partial charge in [-0.1, -0.05) is 30.3 Å². The molecule has 0 aliphatic heterocycles. The lowest BCUT2D eigenvalue weighted by Gasteiger charge is -2.11. The van der Waals surface area contributed by atoms with Gasteiger partial charge in [-0.05, 0) is 24.6 Å². The van der Waals surface area contributed by atoms with Gasteiger partial charge in [-0.25, -0.2) is 4.79 Å². The van der Waals surface area contributed by atoms with Crippen LogP contribution in [0.25, 0.3) is 11.3 Å². The quantitative estimate of drug-likeness (QED) is 0.691. The van der Waals surface area contributed by atoms with Crippen LogP contribution in [0.1, 0.15) is 35.3 Å². The summed E-state index contributed by atoms with van der Waals surface area (Å²) >= 11 is 0. The second-order valence-electron chi connectivity index (χ2n) is 5.24. The Labute approximate surface area is 133 Å². The predicted octanol–water partition coefficient (Wildman–Crippen LogP) is 3.30. The highest BCUT2D eigenvalue weighted by molar-refractivity contribution is 5.89. The molecule has 2 heterocycles. The van der Waals surface area contributed by atoms with Gasteiger partial charge in [0.15, 0.2) is 6.10 Å². The fourth-order valence-corrected chi connectivity index (χ4v) is 2.36. The van der Waals surface area contributed by atoms with Crippen molar-refractivity contribution in [1.29, 1.82) is 0 Å². The largest absolute Gasteiger partial charge is 0.448 e. The zero-order valence-corrected chi connectivity index (χ0v) is 13.2. The minimum absolute atomic E-state index is 0.286. The van der Waals surface area contributed by atoms with Crippen molar-refractivity contribution in [3.63, 3.8) is 0 Å². The summed E-state index contributed by atoms with van der Waals surface area (Å²) in [6.07, 6.45) is -0.598. The van der Waals surface area contributed by atoms with E-state index in [1.807, 2.05) is 48.0 Å². The van der Waals surface area contributed by atoms with E-state index >= 15 is 0 Å². The van der Waals surface area contributed by atoms with Crippen LogP contribution in [0.2, 0.25) is 0 Å². The molecular formula is C17H17N3O3. The van der Waals surface area contributed by atoms with Crippen LogP contribution in [-0.4, -0.2) is 20.7 Å². The Kier molecular flexibility index (Phi) is 3.97. The Morgan fingerprint density at radius 3 is 2.57 bits per heavy atom. The first-order valence-corrected chi connectivity index (χ1v) is 7.28. The van der Waals surface area contributed by atoms with Gasteiger partial charge < -0.3 is 13.7 Å². The highest BCUT2D eigenvalue weighted by Gasteiger charge is 2.21. The first-order valence-electron chi connectivity index (χ1n) is 7.28. The van der Waals surface area contributed by atoms with Crippen LogP contribution in [-0.2, 0) is 11.8 Å². The van der Waals surface area contributed by atoms with Crippen molar-refractivity contribution in [1.82, 2.24) is 14.8 Å². The molecule has 0 saturated carbocycles. The molecule has 0 N–H and O–H groups in total. The molecule has 0 radical (unpaired) electrons. The number of nitrogens with zero attached hydrogens (tertiary/aromatic N) is 3. The summed E-state index contributed by atoms with van der Waals surface area (Å²) in [5.41, 5.74) is 2.44. The van der Waals surface area contributed by atoms with Crippen LogP contribution < -0.4 is 0 Å². The SMILES string of the molecule is Cc1nnc(C(C)OC(=O)c2ccc(-c3ccccc3)n2C)o1. The molecule has 23 heavy (non-hydrogen) atoms. The average Bonchev–Trinajstić information content (AvgIpc) is 3.14. The first-order chi connectivity index (χ1) is 11.1. The lowest BCUT2D eigenvalue weighted by molar-refractivity contribution is 0.0266. The molecular weight excluding hydrogens is 294 g/mol. The molecule has 3 aromatic rings. The number of aromatic nitrogens is 3. The molecule has 0 spiro atoms. The van der Waals surface area contributed by atoms with Crippen molar-refractivity contribution >= 4 is 5.97 Å². The molecule has 0 amide bonds. The molecule has 118 valence electrons. The van der Waals surface area contributed by atoms with Gasteiger partial charge >= 0.3 is 5.97 Å². The van der Waals surface area contributed by atoms with Crippen LogP contribution in [0, 0.1) is 6.92 Å². The van der Waals surface area contributed by atoms with Crippen molar-refractivity contribution in [3.05, 3.63) is 59.9 Å². The highest BCUT2D eigenvalue weighted by Crippen LogP contribution is 2.23. The van der Waals surface area contributed by atoms with Gasteiger partial charge in [-0.2, -0.15) is 0 Å². The van der Waals surface area contributed by atoms with Gasteiger partial charge in [-0.15, -0.1) is 10.2 Å². The molecule has 3 rings (SSSR count). The summed E-state index contributed by atoms with van der Waals surface area (Å²) in [6.45, 7) is 3.39. The number of ether oxygens (including phenoxy) is 1. The maximum atomic E-state index is 12.4. The second kappa shape index (κ2) is 6.08. The summed E-state index contributed by atoms with van der Waals surface area (Å²) in [6, 6.07) is 13.5.